The fraction of sp³-hybridized carbons (Fsp3) is 0.0526. The Kier molecular flexibility index (Phi) is 4.07. The lowest BCUT2D eigenvalue weighted by Gasteiger charge is -2.07. The first-order valence-corrected chi connectivity index (χ1v) is 7.27. The summed E-state index contributed by atoms with van der Waals surface area (Å²) in [6.07, 6.45) is 1.46. The van der Waals surface area contributed by atoms with E-state index in [0.717, 1.165) is 6.07 Å². The maximum atomic E-state index is 13.4. The third-order valence-electron chi connectivity index (χ3n) is 3.85. The van der Waals surface area contributed by atoms with Gasteiger partial charge in [0.15, 0.2) is 0 Å². The lowest BCUT2D eigenvalue weighted by atomic mass is 9.99. The first-order valence-electron chi connectivity index (χ1n) is 7.27. The molecule has 0 aliphatic heterocycles. The smallest absolute Gasteiger partial charge is 0.351 e. The number of aromatic nitrogens is 1. The Morgan fingerprint density at radius 1 is 1.04 bits per heavy atom. The molecule has 6 heteroatoms. The van der Waals surface area contributed by atoms with Gasteiger partial charge in [-0.05, 0) is 28.8 Å². The van der Waals surface area contributed by atoms with Crippen molar-refractivity contribution in [3.8, 4) is 22.3 Å². The van der Waals surface area contributed by atoms with Crippen LogP contribution >= 0.6 is 0 Å². The summed E-state index contributed by atoms with van der Waals surface area (Å²) in [5, 5.41) is 9.40. The van der Waals surface area contributed by atoms with Gasteiger partial charge in [-0.2, -0.15) is 0 Å². The average molecular weight is 338 g/mol. The fourth-order valence-electron chi connectivity index (χ4n) is 2.79. The molecule has 0 spiro atoms. The van der Waals surface area contributed by atoms with E-state index in [9.17, 15) is 18.7 Å². The predicted octanol–water partition coefficient (Wildman–Crippen LogP) is 4.89. The van der Waals surface area contributed by atoms with Crippen LogP contribution in [0, 0.1) is 18.2 Å². The fourth-order valence-corrected chi connectivity index (χ4v) is 2.79. The highest BCUT2D eigenvalue weighted by Crippen LogP contribution is 2.36. The number of hydrogen-bond donors (Lipinski definition) is 1. The van der Waals surface area contributed by atoms with Crippen molar-refractivity contribution in [1.29, 1.82) is 0 Å². The molecule has 0 aliphatic rings. The van der Waals surface area contributed by atoms with Crippen LogP contribution in [0.25, 0.3) is 27.1 Å². The van der Waals surface area contributed by atoms with Crippen molar-refractivity contribution in [2.24, 2.45) is 7.05 Å². The monoisotopic (exact) mass is 338 g/mol. The molecule has 0 amide bonds. The minimum Gasteiger partial charge on any atom is -0.477 e. The molecule has 0 saturated heterocycles. The van der Waals surface area contributed by atoms with E-state index in [-0.39, 0.29) is 11.4 Å². The molecule has 0 aliphatic carbocycles. The van der Waals surface area contributed by atoms with Crippen LogP contribution in [0.1, 0.15) is 10.5 Å². The van der Waals surface area contributed by atoms with Gasteiger partial charge in [-0.1, -0.05) is 24.3 Å². The second-order valence-corrected chi connectivity index (χ2v) is 5.50. The molecule has 1 N–H and O–H groups in total. The Balaban J connectivity index is 2.10. The van der Waals surface area contributed by atoms with E-state index in [1.165, 1.54) is 22.9 Å². The maximum absolute atomic E-state index is 13.4. The molecule has 0 fully saturated rings. The molecular weight excluding hydrogens is 326 g/mol. The van der Waals surface area contributed by atoms with E-state index in [1.807, 2.05) is 0 Å². The average Bonchev–Trinajstić information content (AvgIpc) is 2.90. The Bertz CT molecular complexity index is 995. The minimum absolute atomic E-state index is 0.00977. The van der Waals surface area contributed by atoms with Gasteiger partial charge in [0.05, 0.1) is 6.57 Å². The number of carboxylic acid groups (broad SMARTS) is 1. The molecule has 0 atom stereocenters. The maximum Gasteiger partial charge on any atom is 0.351 e. The van der Waals surface area contributed by atoms with E-state index in [4.69, 9.17) is 6.57 Å². The summed E-state index contributed by atoms with van der Waals surface area (Å²) in [4.78, 5) is 14.9. The summed E-state index contributed by atoms with van der Waals surface area (Å²) in [5.41, 5.74) is 2.06. The van der Waals surface area contributed by atoms with Crippen LogP contribution in [0.2, 0.25) is 0 Å². The molecule has 3 rings (SSSR count). The van der Waals surface area contributed by atoms with Gasteiger partial charge >= 0.3 is 5.97 Å². The Hall–Kier alpha value is -3.46. The lowest BCUT2D eigenvalue weighted by molar-refractivity contribution is 0.0687. The number of halogens is 2. The normalized spacial score (nSPS) is 10.5. The van der Waals surface area contributed by atoms with Gasteiger partial charge in [0, 0.05) is 24.9 Å². The van der Waals surface area contributed by atoms with Crippen LogP contribution in [0.3, 0.4) is 0 Å². The van der Waals surface area contributed by atoms with Crippen LogP contribution in [-0.2, 0) is 7.05 Å². The summed E-state index contributed by atoms with van der Waals surface area (Å²) in [7, 11) is 1.56. The first-order chi connectivity index (χ1) is 11.9. The zero-order chi connectivity index (χ0) is 18.1. The second-order valence-electron chi connectivity index (χ2n) is 5.50. The Morgan fingerprint density at radius 3 is 2.12 bits per heavy atom. The highest BCUT2D eigenvalue weighted by Gasteiger charge is 2.21. The molecule has 3 aromatic rings. The number of aryl methyl sites for hydroxylation is 1. The third-order valence-corrected chi connectivity index (χ3v) is 3.85. The molecule has 0 bridgehead atoms. The largest absolute Gasteiger partial charge is 0.477 e. The number of rotatable bonds is 3. The van der Waals surface area contributed by atoms with Crippen molar-refractivity contribution in [3.05, 3.63) is 77.4 Å². The summed E-state index contributed by atoms with van der Waals surface area (Å²) in [5.74, 6) is -2.49. The lowest BCUT2D eigenvalue weighted by Crippen LogP contribution is -2.05. The highest BCUT2D eigenvalue weighted by molar-refractivity contribution is 5.99. The Morgan fingerprint density at radius 2 is 1.60 bits per heavy atom. The van der Waals surface area contributed by atoms with Crippen molar-refractivity contribution in [3.63, 3.8) is 0 Å². The van der Waals surface area contributed by atoms with Crippen molar-refractivity contribution >= 4 is 11.7 Å². The minimum atomic E-state index is -1.14. The zero-order valence-corrected chi connectivity index (χ0v) is 13.1. The van der Waals surface area contributed by atoms with Gasteiger partial charge in [-0.25, -0.2) is 18.4 Å². The van der Waals surface area contributed by atoms with E-state index >= 15 is 0 Å². The van der Waals surface area contributed by atoms with Crippen LogP contribution in [0.15, 0.2) is 48.7 Å². The van der Waals surface area contributed by atoms with Crippen LogP contribution in [0.4, 0.5) is 14.5 Å². The van der Waals surface area contributed by atoms with Gasteiger partial charge < -0.3 is 9.67 Å². The third kappa shape index (κ3) is 3.00. The van der Waals surface area contributed by atoms with E-state index in [2.05, 4.69) is 4.85 Å². The highest BCUT2D eigenvalue weighted by atomic mass is 19.1. The number of nitrogens with zero attached hydrogens (tertiary/aromatic N) is 2. The molecule has 0 radical (unpaired) electrons. The summed E-state index contributed by atoms with van der Waals surface area (Å²) >= 11 is 0. The molecular formula is C19H12F2N2O2. The summed E-state index contributed by atoms with van der Waals surface area (Å²) in [6.45, 7) is 7.24. The molecule has 1 heterocycles. The second kappa shape index (κ2) is 6.21. The number of carbonyl (C=O) groups is 1. The van der Waals surface area contributed by atoms with E-state index in [1.54, 1.807) is 31.3 Å². The van der Waals surface area contributed by atoms with Crippen LogP contribution in [0.5, 0.6) is 0 Å². The topological polar surface area (TPSA) is 46.6 Å². The van der Waals surface area contributed by atoms with Gasteiger partial charge in [0.1, 0.15) is 17.3 Å². The quantitative estimate of drug-likeness (QED) is 0.692. The molecule has 124 valence electrons. The van der Waals surface area contributed by atoms with Gasteiger partial charge in [-0.15, -0.1) is 0 Å². The summed E-state index contributed by atoms with van der Waals surface area (Å²) in [6, 6.07) is 9.76. The van der Waals surface area contributed by atoms with E-state index in [0.29, 0.717) is 22.3 Å². The molecule has 4 nitrogen and oxygen atoms in total. The summed E-state index contributed by atoms with van der Waals surface area (Å²) < 4.78 is 28.1. The van der Waals surface area contributed by atoms with Gasteiger partial charge in [0.25, 0.3) is 0 Å². The molecule has 0 unspecified atom stereocenters. The number of benzene rings is 2. The molecule has 0 saturated carbocycles. The van der Waals surface area contributed by atoms with Crippen molar-refractivity contribution in [2.45, 2.75) is 0 Å². The van der Waals surface area contributed by atoms with Crippen molar-refractivity contribution in [2.75, 3.05) is 0 Å². The predicted molar refractivity (Wildman–Crippen MR) is 89.4 cm³/mol. The van der Waals surface area contributed by atoms with Crippen LogP contribution in [-0.4, -0.2) is 15.6 Å². The molecule has 25 heavy (non-hydrogen) atoms. The number of aromatic carboxylic acids is 1. The first kappa shape index (κ1) is 16.4. The van der Waals surface area contributed by atoms with Crippen molar-refractivity contribution in [1.82, 2.24) is 4.57 Å². The van der Waals surface area contributed by atoms with E-state index < -0.39 is 17.6 Å². The molecule has 2 aromatic carbocycles. The SMILES string of the molecule is [C-]#[N+]c1cn(C)c(C(=O)O)c1-c1ccc(-c2cc(F)cc(F)c2)cc1. The van der Waals surface area contributed by atoms with Crippen LogP contribution < -0.4 is 0 Å². The van der Waals surface area contributed by atoms with Crippen molar-refractivity contribution < 1.29 is 18.7 Å². The molecule has 1 aromatic heterocycles. The zero-order valence-electron chi connectivity index (χ0n) is 13.1. The Labute approximate surface area is 142 Å². The number of carboxylic acids is 1. The standard InChI is InChI=1S/C19H12F2N2O2/c1-22-16-10-23(2)18(19(24)25)17(16)12-5-3-11(4-6-12)13-7-14(20)9-15(21)8-13/h3-10H,2H3,(H,24,25). The van der Waals surface area contributed by atoms with Gasteiger partial charge in [-0.3, -0.25) is 0 Å². The van der Waals surface area contributed by atoms with Gasteiger partial charge in [0.2, 0.25) is 5.69 Å². The number of hydrogen-bond acceptors (Lipinski definition) is 1.